The average Bonchev–Trinajstić information content (AvgIpc) is 2.04. The molecule has 0 amide bonds. The maximum atomic E-state index is 10.4. The molecule has 1 atom stereocenters. The molecule has 0 aliphatic carbocycles. The van der Waals surface area contributed by atoms with Gasteiger partial charge in [0.05, 0.1) is 5.69 Å². The standard InChI is InChI=1S/C8H9NO3.ClH/c1-5-3-2-4-9-6(5)7(10)8(11)12;/h2-4,7,10H,1H3,(H,11,12);1H. The molecule has 1 aromatic rings. The Bertz CT molecular complexity index is 303. The topological polar surface area (TPSA) is 70.4 Å². The van der Waals surface area contributed by atoms with Gasteiger partial charge in [0.1, 0.15) is 0 Å². The van der Waals surface area contributed by atoms with E-state index >= 15 is 0 Å². The van der Waals surface area contributed by atoms with Crippen LogP contribution in [-0.2, 0) is 4.79 Å². The van der Waals surface area contributed by atoms with Gasteiger partial charge in [-0.05, 0) is 18.6 Å². The number of aryl methyl sites for hydroxylation is 1. The SMILES string of the molecule is Cc1cccnc1C(O)C(=O)O.Cl. The smallest absolute Gasteiger partial charge is 0.338 e. The van der Waals surface area contributed by atoms with E-state index in [4.69, 9.17) is 10.2 Å². The van der Waals surface area contributed by atoms with Crippen LogP contribution in [-0.4, -0.2) is 21.2 Å². The van der Waals surface area contributed by atoms with Crippen molar-refractivity contribution in [2.75, 3.05) is 0 Å². The van der Waals surface area contributed by atoms with E-state index < -0.39 is 12.1 Å². The minimum atomic E-state index is -1.52. The first kappa shape index (κ1) is 11.9. The highest BCUT2D eigenvalue weighted by Crippen LogP contribution is 2.13. The van der Waals surface area contributed by atoms with Gasteiger partial charge >= 0.3 is 5.97 Å². The van der Waals surface area contributed by atoms with Crippen molar-refractivity contribution in [1.29, 1.82) is 0 Å². The van der Waals surface area contributed by atoms with Crippen molar-refractivity contribution in [3.05, 3.63) is 29.6 Å². The predicted molar refractivity (Wildman–Crippen MR) is 48.8 cm³/mol. The second-order valence-electron chi connectivity index (χ2n) is 2.45. The fraction of sp³-hybridized carbons (Fsp3) is 0.250. The molecule has 1 rings (SSSR count). The molecule has 4 nitrogen and oxygen atoms in total. The maximum absolute atomic E-state index is 10.4. The van der Waals surface area contributed by atoms with Crippen LogP contribution in [0.25, 0.3) is 0 Å². The van der Waals surface area contributed by atoms with Gasteiger partial charge in [-0.1, -0.05) is 6.07 Å². The third-order valence-electron chi connectivity index (χ3n) is 1.54. The average molecular weight is 204 g/mol. The predicted octanol–water partition coefficient (Wildman–Crippen LogP) is 0.930. The fourth-order valence-corrected chi connectivity index (χ4v) is 0.901. The van der Waals surface area contributed by atoms with Crippen LogP contribution in [0.15, 0.2) is 18.3 Å². The molecule has 2 N–H and O–H groups in total. The second kappa shape index (κ2) is 4.79. The summed E-state index contributed by atoms with van der Waals surface area (Å²) in [5.41, 5.74) is 0.873. The molecule has 0 aliphatic heterocycles. The number of pyridine rings is 1. The quantitative estimate of drug-likeness (QED) is 0.750. The van der Waals surface area contributed by atoms with Crippen molar-refractivity contribution in [3.8, 4) is 0 Å². The molecule has 72 valence electrons. The summed E-state index contributed by atoms with van der Waals surface area (Å²) in [5.74, 6) is -1.28. The van der Waals surface area contributed by atoms with Crippen LogP contribution < -0.4 is 0 Å². The van der Waals surface area contributed by atoms with Crippen LogP contribution >= 0.6 is 12.4 Å². The van der Waals surface area contributed by atoms with Crippen LogP contribution in [0.4, 0.5) is 0 Å². The molecule has 1 heterocycles. The summed E-state index contributed by atoms with van der Waals surface area (Å²) in [5, 5.41) is 17.6. The lowest BCUT2D eigenvalue weighted by atomic mass is 10.1. The summed E-state index contributed by atoms with van der Waals surface area (Å²) in [6.45, 7) is 1.70. The highest BCUT2D eigenvalue weighted by atomic mass is 35.5. The van der Waals surface area contributed by atoms with E-state index in [1.807, 2.05) is 0 Å². The molecule has 0 bridgehead atoms. The lowest BCUT2D eigenvalue weighted by molar-refractivity contribution is -0.147. The van der Waals surface area contributed by atoms with Crippen LogP contribution in [0.1, 0.15) is 17.4 Å². The van der Waals surface area contributed by atoms with Crippen molar-refractivity contribution in [2.45, 2.75) is 13.0 Å². The molecule has 0 fully saturated rings. The zero-order valence-corrected chi connectivity index (χ0v) is 7.78. The Kier molecular flexibility index (Phi) is 4.37. The van der Waals surface area contributed by atoms with Crippen molar-refractivity contribution in [1.82, 2.24) is 4.98 Å². The number of hydrogen-bond acceptors (Lipinski definition) is 3. The van der Waals surface area contributed by atoms with Gasteiger partial charge in [-0.2, -0.15) is 0 Å². The highest BCUT2D eigenvalue weighted by molar-refractivity contribution is 5.85. The Morgan fingerprint density at radius 3 is 2.69 bits per heavy atom. The third kappa shape index (κ3) is 2.68. The van der Waals surface area contributed by atoms with E-state index in [9.17, 15) is 4.79 Å². The zero-order valence-electron chi connectivity index (χ0n) is 6.97. The number of carboxylic acid groups (broad SMARTS) is 1. The Morgan fingerprint density at radius 2 is 2.23 bits per heavy atom. The molecule has 1 aromatic heterocycles. The number of rotatable bonds is 2. The van der Waals surface area contributed by atoms with Crippen LogP contribution in [0.5, 0.6) is 0 Å². The second-order valence-corrected chi connectivity index (χ2v) is 2.45. The maximum Gasteiger partial charge on any atom is 0.338 e. The fourth-order valence-electron chi connectivity index (χ4n) is 0.901. The normalized spacial score (nSPS) is 11.5. The van der Waals surface area contributed by atoms with Gasteiger partial charge in [0.15, 0.2) is 6.10 Å². The Balaban J connectivity index is 0.00000144. The van der Waals surface area contributed by atoms with Gasteiger partial charge in [-0.3, -0.25) is 4.98 Å². The summed E-state index contributed by atoms with van der Waals surface area (Å²) in [6.07, 6.45) is -0.0692. The number of halogens is 1. The van der Waals surface area contributed by atoms with Gasteiger partial charge in [0, 0.05) is 6.20 Å². The summed E-state index contributed by atoms with van der Waals surface area (Å²) < 4.78 is 0. The van der Waals surface area contributed by atoms with E-state index in [0.29, 0.717) is 5.56 Å². The minimum absolute atomic E-state index is 0. The van der Waals surface area contributed by atoms with Gasteiger partial charge < -0.3 is 10.2 Å². The van der Waals surface area contributed by atoms with Crippen molar-refractivity contribution in [3.63, 3.8) is 0 Å². The number of aromatic nitrogens is 1. The number of hydrogen-bond donors (Lipinski definition) is 2. The molecular weight excluding hydrogens is 194 g/mol. The lowest BCUT2D eigenvalue weighted by Crippen LogP contribution is -2.13. The molecule has 0 aromatic carbocycles. The first-order chi connectivity index (χ1) is 5.63. The summed E-state index contributed by atoms with van der Waals surface area (Å²) in [4.78, 5) is 14.1. The van der Waals surface area contributed by atoms with E-state index in [1.165, 1.54) is 6.20 Å². The van der Waals surface area contributed by atoms with Crippen molar-refractivity contribution in [2.24, 2.45) is 0 Å². The molecule has 0 spiro atoms. The van der Waals surface area contributed by atoms with Crippen molar-refractivity contribution < 1.29 is 15.0 Å². The van der Waals surface area contributed by atoms with Crippen LogP contribution in [0.2, 0.25) is 0 Å². The van der Waals surface area contributed by atoms with Gasteiger partial charge in [0.2, 0.25) is 0 Å². The molecular formula is C8H10ClNO3. The molecule has 0 aliphatic rings. The first-order valence-corrected chi connectivity index (χ1v) is 3.45. The number of aliphatic hydroxyl groups is 1. The van der Waals surface area contributed by atoms with Gasteiger partial charge in [0.25, 0.3) is 0 Å². The summed E-state index contributed by atoms with van der Waals surface area (Å²) in [7, 11) is 0. The number of aliphatic carboxylic acids is 1. The number of carbonyl (C=O) groups is 1. The number of aliphatic hydroxyl groups excluding tert-OH is 1. The van der Waals surface area contributed by atoms with Crippen molar-refractivity contribution >= 4 is 18.4 Å². The first-order valence-electron chi connectivity index (χ1n) is 3.45. The summed E-state index contributed by atoms with van der Waals surface area (Å²) in [6, 6.07) is 3.39. The van der Waals surface area contributed by atoms with Gasteiger partial charge in [-0.15, -0.1) is 12.4 Å². The molecule has 0 saturated carbocycles. The van der Waals surface area contributed by atoms with Crippen LogP contribution in [0.3, 0.4) is 0 Å². The van der Waals surface area contributed by atoms with Crippen LogP contribution in [0, 0.1) is 6.92 Å². The molecule has 0 radical (unpaired) electrons. The Hall–Kier alpha value is -1.13. The summed E-state index contributed by atoms with van der Waals surface area (Å²) >= 11 is 0. The van der Waals surface area contributed by atoms with Gasteiger partial charge in [-0.25, -0.2) is 4.79 Å². The third-order valence-corrected chi connectivity index (χ3v) is 1.54. The van der Waals surface area contributed by atoms with E-state index in [1.54, 1.807) is 19.1 Å². The van der Waals surface area contributed by atoms with E-state index in [2.05, 4.69) is 4.98 Å². The molecule has 1 unspecified atom stereocenters. The molecule has 0 saturated heterocycles. The van der Waals surface area contributed by atoms with E-state index in [-0.39, 0.29) is 18.1 Å². The highest BCUT2D eigenvalue weighted by Gasteiger charge is 2.18. The Morgan fingerprint density at radius 1 is 1.62 bits per heavy atom. The Labute approximate surface area is 81.6 Å². The molecule has 5 heteroatoms. The monoisotopic (exact) mass is 203 g/mol. The zero-order chi connectivity index (χ0) is 9.14. The van der Waals surface area contributed by atoms with E-state index in [0.717, 1.165) is 0 Å². The number of carboxylic acids is 1. The molecule has 13 heavy (non-hydrogen) atoms. The lowest BCUT2D eigenvalue weighted by Gasteiger charge is -2.06. The largest absolute Gasteiger partial charge is 0.479 e. The number of nitrogens with zero attached hydrogens (tertiary/aromatic N) is 1. The minimum Gasteiger partial charge on any atom is -0.479 e.